The summed E-state index contributed by atoms with van der Waals surface area (Å²) in [4.78, 5) is 24.6. The van der Waals surface area contributed by atoms with Gasteiger partial charge in [-0.25, -0.2) is 0 Å². The van der Waals surface area contributed by atoms with Crippen molar-refractivity contribution in [1.82, 2.24) is 0 Å². The Balaban J connectivity index is 2.57. The van der Waals surface area contributed by atoms with E-state index < -0.39 is 26.5 Å². The summed E-state index contributed by atoms with van der Waals surface area (Å²) in [5.41, 5.74) is 0. The fraction of sp³-hybridized carbons (Fsp3) is 0.857. The van der Waals surface area contributed by atoms with Crippen LogP contribution in [0.2, 0.25) is 34.5 Å². The van der Waals surface area contributed by atoms with Gasteiger partial charge in [0.15, 0.2) is 0 Å². The maximum absolute atomic E-state index is 12.3. The first-order chi connectivity index (χ1) is 8.03. The van der Waals surface area contributed by atoms with E-state index in [1.165, 1.54) is 0 Å². The molecule has 0 unspecified atom stereocenters. The van der Waals surface area contributed by atoms with Crippen LogP contribution < -0.4 is 0 Å². The third-order valence-electron chi connectivity index (χ3n) is 3.95. The van der Waals surface area contributed by atoms with Crippen LogP contribution in [0.4, 0.5) is 0 Å². The Kier molecular flexibility index (Phi) is 5.33. The van der Waals surface area contributed by atoms with Crippen LogP contribution in [0, 0.1) is 11.8 Å². The first kappa shape index (κ1) is 16.5. The number of carbonyl (C=O) groups is 2. The molecule has 0 bridgehead atoms. The molecule has 0 N–H and O–H groups in total. The molecule has 0 aliphatic heterocycles. The minimum absolute atomic E-state index is 0.279. The van der Waals surface area contributed by atoms with E-state index in [0.29, 0.717) is 9.23 Å². The maximum atomic E-state index is 12.3. The van der Waals surface area contributed by atoms with Crippen molar-refractivity contribution >= 4 is 35.8 Å². The summed E-state index contributed by atoms with van der Waals surface area (Å²) in [6.07, 6.45) is 3.87. The second-order valence-corrected chi connectivity index (χ2v) is 28.7. The number of hydrogen-bond donors (Lipinski definition) is 0. The van der Waals surface area contributed by atoms with Gasteiger partial charge in [-0.15, -0.1) is 0 Å². The first-order valence-electron chi connectivity index (χ1n) is 7.12. The molecule has 1 aliphatic carbocycles. The monoisotopic (exact) mass is 376 g/mol. The summed E-state index contributed by atoms with van der Waals surface area (Å²) >= 11 is -4.28. The summed E-state index contributed by atoms with van der Waals surface area (Å²) in [6.45, 7) is 0. The number of carbonyl (C=O) groups excluding carboxylic acids is 2. The van der Waals surface area contributed by atoms with E-state index >= 15 is 0 Å². The molecule has 0 aromatic carbocycles. The van der Waals surface area contributed by atoms with E-state index in [1.807, 2.05) is 0 Å². The van der Waals surface area contributed by atoms with Crippen LogP contribution >= 0.6 is 0 Å². The van der Waals surface area contributed by atoms with Gasteiger partial charge in [0.25, 0.3) is 0 Å². The predicted molar refractivity (Wildman–Crippen MR) is 82.2 cm³/mol. The van der Waals surface area contributed by atoms with E-state index in [-0.39, 0.29) is 11.8 Å². The van der Waals surface area contributed by atoms with Gasteiger partial charge in [-0.2, -0.15) is 0 Å². The van der Waals surface area contributed by atoms with Crippen LogP contribution in [-0.2, 0) is 9.59 Å². The van der Waals surface area contributed by atoms with Crippen molar-refractivity contribution in [3.8, 4) is 0 Å². The Morgan fingerprint density at radius 1 is 0.667 bits per heavy atom. The Morgan fingerprint density at radius 2 is 0.889 bits per heavy atom. The average molecular weight is 374 g/mol. The molecule has 1 saturated carbocycles. The second-order valence-electron chi connectivity index (χ2n) is 7.78. The van der Waals surface area contributed by atoms with Crippen LogP contribution in [-0.4, -0.2) is 35.8 Å². The molecule has 4 heteroatoms. The van der Waals surface area contributed by atoms with E-state index in [2.05, 4.69) is 34.5 Å². The van der Waals surface area contributed by atoms with Crippen LogP contribution in [0.25, 0.3) is 0 Å². The third-order valence-corrected chi connectivity index (χ3v) is 11.9. The van der Waals surface area contributed by atoms with Crippen molar-refractivity contribution in [2.45, 2.75) is 60.2 Å². The Labute approximate surface area is 117 Å². The SMILES string of the molecule is [CH3][Ge]([CH3])([CH3])[C](=O)C1CCC([C](=O)[Ge]([CH3])([CH3])[CH3])CC1. The molecule has 0 atom stereocenters. The normalized spacial score (nSPS) is 25.9. The van der Waals surface area contributed by atoms with Gasteiger partial charge in [-0.1, -0.05) is 0 Å². The van der Waals surface area contributed by atoms with Gasteiger partial charge >= 0.3 is 117 Å². The summed E-state index contributed by atoms with van der Waals surface area (Å²) in [5, 5.41) is 0. The number of hydrogen-bond acceptors (Lipinski definition) is 2. The zero-order chi connectivity index (χ0) is 14.1. The summed E-state index contributed by atoms with van der Waals surface area (Å²) in [6, 6.07) is 0. The fourth-order valence-electron chi connectivity index (χ4n) is 2.84. The van der Waals surface area contributed by atoms with E-state index in [9.17, 15) is 9.59 Å². The van der Waals surface area contributed by atoms with Crippen molar-refractivity contribution in [1.29, 1.82) is 0 Å². The molecule has 0 spiro atoms. The summed E-state index contributed by atoms with van der Waals surface area (Å²) < 4.78 is 1.14. The average Bonchev–Trinajstić information content (AvgIpc) is 2.25. The Bertz CT molecular complexity index is 295. The summed E-state index contributed by atoms with van der Waals surface area (Å²) in [5.74, 6) is 13.7. The molecule has 2 nitrogen and oxygen atoms in total. The van der Waals surface area contributed by atoms with Crippen molar-refractivity contribution in [3.05, 3.63) is 0 Å². The van der Waals surface area contributed by atoms with E-state index in [4.69, 9.17) is 0 Å². The molecule has 1 rings (SSSR count). The van der Waals surface area contributed by atoms with Crippen LogP contribution in [0.3, 0.4) is 0 Å². The van der Waals surface area contributed by atoms with Gasteiger partial charge in [0.1, 0.15) is 0 Å². The molecule has 0 aromatic rings. The fourth-order valence-corrected chi connectivity index (χ4v) is 9.19. The first-order valence-corrected chi connectivity index (χ1v) is 21.8. The molecular formula is C14H28Ge2O2. The van der Waals surface area contributed by atoms with Crippen molar-refractivity contribution in [3.63, 3.8) is 0 Å². The molecular weight excluding hydrogens is 345 g/mol. The molecule has 0 amide bonds. The Morgan fingerprint density at radius 3 is 1.06 bits per heavy atom. The molecule has 0 heterocycles. The van der Waals surface area contributed by atoms with Gasteiger partial charge in [0.05, 0.1) is 0 Å². The van der Waals surface area contributed by atoms with Gasteiger partial charge in [-0.3, -0.25) is 0 Å². The molecule has 104 valence electrons. The molecule has 0 radical (unpaired) electrons. The van der Waals surface area contributed by atoms with E-state index in [0.717, 1.165) is 25.7 Å². The molecule has 0 saturated heterocycles. The van der Waals surface area contributed by atoms with Crippen molar-refractivity contribution < 1.29 is 9.59 Å². The zero-order valence-electron chi connectivity index (χ0n) is 12.8. The number of rotatable bonds is 4. The molecule has 0 aromatic heterocycles. The van der Waals surface area contributed by atoms with Crippen LogP contribution in [0.5, 0.6) is 0 Å². The predicted octanol–water partition coefficient (Wildman–Crippen LogP) is 3.69. The molecule has 18 heavy (non-hydrogen) atoms. The minimum atomic E-state index is -2.14. The van der Waals surface area contributed by atoms with Gasteiger partial charge in [-0.05, 0) is 0 Å². The van der Waals surface area contributed by atoms with Gasteiger partial charge < -0.3 is 0 Å². The summed E-state index contributed by atoms with van der Waals surface area (Å²) in [7, 11) is 0. The third kappa shape index (κ3) is 4.22. The van der Waals surface area contributed by atoms with Crippen LogP contribution in [0.1, 0.15) is 25.7 Å². The van der Waals surface area contributed by atoms with Crippen molar-refractivity contribution in [2.75, 3.05) is 0 Å². The van der Waals surface area contributed by atoms with Gasteiger partial charge in [0, 0.05) is 0 Å². The van der Waals surface area contributed by atoms with Gasteiger partial charge in [0.2, 0.25) is 0 Å². The molecule has 1 fully saturated rings. The van der Waals surface area contributed by atoms with Crippen molar-refractivity contribution in [2.24, 2.45) is 11.8 Å². The zero-order valence-corrected chi connectivity index (χ0v) is 17.0. The molecule has 1 aliphatic rings. The standard InChI is InChI=1S/C14H28Ge2O2/c1-15(2,3)13(17)11-7-9-12(10-8-11)14(18)16(4,5)6/h11-12H,7-10H2,1-6H3. The quantitative estimate of drug-likeness (QED) is 0.705. The second kappa shape index (κ2) is 5.82. The van der Waals surface area contributed by atoms with Crippen LogP contribution in [0.15, 0.2) is 0 Å². The topological polar surface area (TPSA) is 34.1 Å². The Hall–Kier alpha value is 0.426. The van der Waals surface area contributed by atoms with E-state index in [1.54, 1.807) is 0 Å².